The molecule has 15 heteroatoms. The van der Waals surface area contributed by atoms with Crippen molar-refractivity contribution in [3.05, 3.63) is 30.1 Å². The van der Waals surface area contributed by atoms with Gasteiger partial charge in [0, 0.05) is 19.5 Å². The Morgan fingerprint density at radius 2 is 1.85 bits per heavy atom. The third-order valence-electron chi connectivity index (χ3n) is 3.88. The molecule has 0 saturated heterocycles. The summed E-state index contributed by atoms with van der Waals surface area (Å²) in [6.45, 7) is -0.350. The molecule has 0 fully saturated rings. The molecule has 0 aromatic carbocycles. The zero-order chi connectivity index (χ0) is 24.4. The van der Waals surface area contributed by atoms with Gasteiger partial charge in [0.2, 0.25) is 17.7 Å². The van der Waals surface area contributed by atoms with Crippen LogP contribution in [0.1, 0.15) is 12.6 Å². The lowest BCUT2D eigenvalue weighted by Gasteiger charge is -2.17. The molecule has 2 N–H and O–H groups in total. The third kappa shape index (κ3) is 7.80. The van der Waals surface area contributed by atoms with Crippen molar-refractivity contribution in [3.8, 4) is 11.8 Å². The molecule has 2 amide bonds. The van der Waals surface area contributed by atoms with Gasteiger partial charge in [0.1, 0.15) is 17.6 Å². The first-order valence-corrected chi connectivity index (χ1v) is 10.7. The summed E-state index contributed by atoms with van der Waals surface area (Å²) in [7, 11) is -1.76. The molecule has 2 heterocycles. The first kappa shape index (κ1) is 25.7. The fourth-order valence-electron chi connectivity index (χ4n) is 2.48. The Bertz CT molecular complexity index is 1060. The molecule has 0 bridgehead atoms. The summed E-state index contributed by atoms with van der Waals surface area (Å²) in [6, 6.07) is 2.72. The van der Waals surface area contributed by atoms with Crippen LogP contribution >= 0.6 is 0 Å². The molecule has 0 aliphatic heterocycles. The van der Waals surface area contributed by atoms with E-state index in [9.17, 15) is 22.4 Å². The van der Waals surface area contributed by atoms with Gasteiger partial charge in [0.15, 0.2) is 6.86 Å². The summed E-state index contributed by atoms with van der Waals surface area (Å²) in [6.07, 6.45) is 0.0871. The molecule has 13 nitrogen and oxygen atoms in total. The number of carbonyl (C=O) groups excluding carboxylic acids is 2. The fraction of sp³-hybridized carbons (Fsp3) is 0.389. The molecule has 2 aromatic heterocycles. The van der Waals surface area contributed by atoms with Gasteiger partial charge < -0.3 is 18.9 Å². The van der Waals surface area contributed by atoms with E-state index in [0.29, 0.717) is 0 Å². The fourth-order valence-corrected chi connectivity index (χ4v) is 3.58. The summed E-state index contributed by atoms with van der Waals surface area (Å²) in [5.41, 5.74) is -0.0392. The van der Waals surface area contributed by atoms with Gasteiger partial charge in [0.05, 0.1) is 26.0 Å². The zero-order valence-electron chi connectivity index (χ0n) is 17.9. The molecule has 0 saturated carbocycles. The Morgan fingerprint density at radius 1 is 1.18 bits per heavy atom. The second-order valence-corrected chi connectivity index (χ2v) is 7.84. The number of rotatable bonds is 11. The normalized spacial score (nSPS) is 11.9. The molecule has 0 spiro atoms. The zero-order valence-corrected chi connectivity index (χ0v) is 18.7. The predicted octanol–water partition coefficient (Wildman–Crippen LogP) is 0.817. The van der Waals surface area contributed by atoms with Crippen LogP contribution in [0.2, 0.25) is 0 Å². The maximum absolute atomic E-state index is 12.8. The number of urea groups is 1. The molecule has 1 atom stereocenters. The number of esters is 1. The van der Waals surface area contributed by atoms with E-state index in [1.165, 1.54) is 38.6 Å². The van der Waals surface area contributed by atoms with E-state index in [4.69, 9.17) is 18.9 Å². The van der Waals surface area contributed by atoms with Gasteiger partial charge in [-0.25, -0.2) is 22.3 Å². The van der Waals surface area contributed by atoms with Gasteiger partial charge in [-0.2, -0.15) is 9.97 Å². The van der Waals surface area contributed by atoms with E-state index in [-0.39, 0.29) is 41.3 Å². The van der Waals surface area contributed by atoms with Crippen molar-refractivity contribution in [3.63, 3.8) is 0 Å². The highest BCUT2D eigenvalue weighted by molar-refractivity contribution is 7.90. The number of methoxy groups -OCH3 is 2. The minimum Gasteiger partial charge on any atom is -0.481 e. The monoisotopic (exact) mass is 487 g/mol. The van der Waals surface area contributed by atoms with Crippen molar-refractivity contribution < 1.29 is 41.3 Å². The van der Waals surface area contributed by atoms with Crippen molar-refractivity contribution in [1.29, 1.82) is 0 Å². The highest BCUT2D eigenvalue weighted by atomic mass is 32.2. The van der Waals surface area contributed by atoms with Gasteiger partial charge in [-0.05, 0) is 12.1 Å². The van der Waals surface area contributed by atoms with Gasteiger partial charge in [-0.15, -0.1) is 0 Å². The van der Waals surface area contributed by atoms with Crippen LogP contribution in [0.15, 0.2) is 29.3 Å². The minimum absolute atomic E-state index is 0.0392. The number of anilines is 1. The lowest BCUT2D eigenvalue weighted by Crippen LogP contribution is -2.36. The molecule has 0 radical (unpaired) electrons. The van der Waals surface area contributed by atoms with Crippen LogP contribution in [0.5, 0.6) is 11.8 Å². The van der Waals surface area contributed by atoms with Crippen LogP contribution in [0.25, 0.3) is 0 Å². The number of aromatic nitrogens is 3. The topological polar surface area (TPSA) is 168 Å². The van der Waals surface area contributed by atoms with Crippen LogP contribution in [0.3, 0.4) is 0 Å². The van der Waals surface area contributed by atoms with Crippen LogP contribution < -0.4 is 19.5 Å². The largest absolute Gasteiger partial charge is 0.481 e. The first-order chi connectivity index (χ1) is 15.7. The number of ether oxygens (including phenoxy) is 4. The number of amides is 2. The second-order valence-electron chi connectivity index (χ2n) is 6.19. The predicted molar refractivity (Wildman–Crippen MR) is 110 cm³/mol. The molecule has 2 rings (SSSR count). The first-order valence-electron chi connectivity index (χ1n) is 9.24. The summed E-state index contributed by atoms with van der Waals surface area (Å²) in [4.78, 5) is 34.7. The van der Waals surface area contributed by atoms with E-state index in [0.717, 1.165) is 6.92 Å². The van der Waals surface area contributed by atoms with E-state index in [1.807, 2.05) is 4.72 Å². The quantitative estimate of drug-likeness (QED) is 0.430. The highest BCUT2D eigenvalue weighted by Crippen LogP contribution is 2.18. The number of sulfonamides is 1. The average molecular weight is 487 g/mol. The van der Waals surface area contributed by atoms with Crippen LogP contribution in [0, 0.1) is 0 Å². The van der Waals surface area contributed by atoms with E-state index in [2.05, 4.69) is 20.3 Å². The van der Waals surface area contributed by atoms with E-state index in [1.54, 1.807) is 0 Å². The molecule has 180 valence electrons. The van der Waals surface area contributed by atoms with Crippen molar-refractivity contribution in [1.82, 2.24) is 19.7 Å². The Morgan fingerprint density at radius 3 is 2.42 bits per heavy atom. The number of pyridine rings is 1. The molecule has 1 unspecified atom stereocenters. The maximum atomic E-state index is 12.8. The summed E-state index contributed by atoms with van der Waals surface area (Å²) >= 11 is 0. The highest BCUT2D eigenvalue weighted by Gasteiger charge is 2.25. The Kier molecular flexibility index (Phi) is 9.23. The number of hydrogen-bond acceptors (Lipinski definition) is 11. The average Bonchev–Trinajstić information content (AvgIpc) is 2.77. The van der Waals surface area contributed by atoms with Gasteiger partial charge in [0.25, 0.3) is 10.0 Å². The third-order valence-corrected chi connectivity index (χ3v) is 5.28. The van der Waals surface area contributed by atoms with Crippen molar-refractivity contribution in [2.24, 2.45) is 0 Å². The van der Waals surface area contributed by atoms with E-state index < -0.39 is 35.0 Å². The number of halogens is 1. The Hall–Kier alpha value is -3.59. The van der Waals surface area contributed by atoms with Crippen molar-refractivity contribution in [2.75, 3.05) is 33.0 Å². The summed E-state index contributed by atoms with van der Waals surface area (Å²) in [5, 5.41) is 2.17. The summed E-state index contributed by atoms with van der Waals surface area (Å²) in [5.74, 6) is -0.753. The molecular weight excluding hydrogens is 465 g/mol. The second kappa shape index (κ2) is 11.9. The van der Waals surface area contributed by atoms with Crippen LogP contribution in [-0.2, 0) is 30.7 Å². The number of carbonyl (C=O) groups is 2. The molecular formula is C18H22FN5O8S. The molecule has 2 aromatic rings. The molecule has 0 aliphatic carbocycles. The van der Waals surface area contributed by atoms with Gasteiger partial charge in [-0.3, -0.25) is 15.1 Å². The van der Waals surface area contributed by atoms with Gasteiger partial charge >= 0.3 is 12.0 Å². The van der Waals surface area contributed by atoms with Crippen LogP contribution in [0.4, 0.5) is 15.1 Å². The van der Waals surface area contributed by atoms with Crippen molar-refractivity contribution in [2.45, 2.75) is 24.3 Å². The lowest BCUT2D eigenvalue weighted by atomic mass is 10.2. The summed E-state index contributed by atoms with van der Waals surface area (Å²) < 4.78 is 59.7. The van der Waals surface area contributed by atoms with Crippen molar-refractivity contribution >= 4 is 28.0 Å². The van der Waals surface area contributed by atoms with E-state index >= 15 is 0 Å². The number of hydrogen-bond donors (Lipinski definition) is 2. The van der Waals surface area contributed by atoms with Crippen LogP contribution in [-0.4, -0.2) is 69.2 Å². The maximum Gasteiger partial charge on any atom is 0.335 e. The number of nitrogens with zero attached hydrogens (tertiary/aromatic N) is 3. The smallest absolute Gasteiger partial charge is 0.335 e. The SMILES string of the molecule is COc1cc(OC)nc(NC(=O)NS(=O)(=O)c2cccnc2CC(COC(C)=O)OCF)n1. The Balaban J connectivity index is 2.19. The lowest BCUT2D eigenvalue weighted by molar-refractivity contribution is -0.146. The number of alkyl halides is 1. The minimum atomic E-state index is -4.43. The molecule has 33 heavy (non-hydrogen) atoms. The van der Waals surface area contributed by atoms with Gasteiger partial charge in [-0.1, -0.05) is 0 Å². The molecule has 0 aliphatic rings. The Labute approximate surface area is 188 Å². The number of nitrogens with one attached hydrogen (secondary N) is 2. The standard InChI is InChI=1S/C18H22FN5O8S/c1-11(25)31-9-12(32-10-19)7-13-14(5-4-6-20-13)33(27,28)24-18(26)23-17-21-15(29-2)8-16(22-17)30-3/h4-6,8,12H,7,9-10H2,1-3H3,(H2,21,22,23,24,26).